The van der Waals surface area contributed by atoms with Crippen molar-refractivity contribution in [2.24, 2.45) is 0 Å². The topological polar surface area (TPSA) is 46.2 Å². The highest BCUT2D eigenvalue weighted by Gasteiger charge is 2.47. The highest BCUT2D eigenvalue weighted by Crippen LogP contribution is 2.20. The van der Waals surface area contributed by atoms with E-state index >= 15 is 0 Å². The van der Waals surface area contributed by atoms with Crippen molar-refractivity contribution in [2.75, 3.05) is 27.4 Å². The Kier molecular flexibility index (Phi) is 5.73. The third-order valence-electron chi connectivity index (χ3n) is 2.21. The van der Waals surface area contributed by atoms with Crippen molar-refractivity contribution >= 4 is 9.05 Å². The van der Waals surface area contributed by atoms with Crippen LogP contribution in [0.5, 0.6) is 0 Å². The molecule has 0 radical (unpaired) electrons. The second-order valence-corrected chi connectivity index (χ2v) is 5.66. The monoisotopic (exact) mass is 236 g/mol. The van der Waals surface area contributed by atoms with E-state index in [0.717, 1.165) is 25.9 Å². The van der Waals surface area contributed by atoms with E-state index in [1.807, 2.05) is 0 Å². The molecule has 0 aromatic carbocycles. The Labute approximate surface area is 92.1 Å². The van der Waals surface area contributed by atoms with Crippen molar-refractivity contribution in [1.29, 1.82) is 0 Å². The SMILES string of the molecule is CCCCO[Si](OC)(OC)OC1CCO1. The van der Waals surface area contributed by atoms with Gasteiger partial charge in [-0.2, -0.15) is 0 Å². The minimum absolute atomic E-state index is 0.224. The predicted molar refractivity (Wildman–Crippen MR) is 56.1 cm³/mol. The molecule has 6 heteroatoms. The molecule has 0 spiro atoms. The van der Waals surface area contributed by atoms with Gasteiger partial charge in [0.25, 0.3) is 0 Å². The van der Waals surface area contributed by atoms with E-state index in [4.69, 9.17) is 22.4 Å². The second kappa shape index (κ2) is 6.57. The number of unbranched alkanes of at least 4 members (excludes halogenated alkanes) is 1. The van der Waals surface area contributed by atoms with E-state index < -0.39 is 9.05 Å². The molecule has 1 unspecified atom stereocenters. The molecule has 0 amide bonds. The van der Waals surface area contributed by atoms with Gasteiger partial charge in [-0.15, -0.1) is 0 Å². The summed E-state index contributed by atoms with van der Waals surface area (Å²) in [6.45, 7) is 3.43. The summed E-state index contributed by atoms with van der Waals surface area (Å²) in [5.41, 5.74) is 0. The van der Waals surface area contributed by atoms with E-state index in [1.165, 1.54) is 0 Å². The van der Waals surface area contributed by atoms with Gasteiger partial charge in [0.2, 0.25) is 0 Å². The van der Waals surface area contributed by atoms with Crippen LogP contribution in [-0.2, 0) is 22.4 Å². The normalized spacial score (nSPS) is 21.4. The van der Waals surface area contributed by atoms with Crippen molar-refractivity contribution in [2.45, 2.75) is 32.5 Å². The van der Waals surface area contributed by atoms with Gasteiger partial charge >= 0.3 is 9.05 Å². The highest BCUT2D eigenvalue weighted by molar-refractivity contribution is 6.53. The average molecular weight is 236 g/mol. The summed E-state index contributed by atoms with van der Waals surface area (Å²) in [6, 6.07) is 0. The van der Waals surface area contributed by atoms with Crippen LogP contribution in [0.25, 0.3) is 0 Å². The van der Waals surface area contributed by atoms with Crippen molar-refractivity contribution < 1.29 is 22.4 Å². The molecule has 1 atom stereocenters. The van der Waals surface area contributed by atoms with Crippen LogP contribution < -0.4 is 0 Å². The third-order valence-corrected chi connectivity index (χ3v) is 4.32. The van der Waals surface area contributed by atoms with Crippen molar-refractivity contribution in [1.82, 2.24) is 0 Å². The molecule has 0 bridgehead atoms. The van der Waals surface area contributed by atoms with Crippen LogP contribution in [-0.4, -0.2) is 42.8 Å². The first-order valence-corrected chi connectivity index (χ1v) is 6.93. The van der Waals surface area contributed by atoms with Gasteiger partial charge in [0.1, 0.15) is 0 Å². The largest absolute Gasteiger partial charge is 0.681 e. The minimum atomic E-state index is -2.94. The second-order valence-electron chi connectivity index (χ2n) is 3.32. The van der Waals surface area contributed by atoms with E-state index in [2.05, 4.69) is 6.92 Å². The molecule has 0 aromatic heterocycles. The molecule has 15 heavy (non-hydrogen) atoms. The molecule has 5 nitrogen and oxygen atoms in total. The Bertz CT molecular complexity index is 170. The summed E-state index contributed by atoms with van der Waals surface area (Å²) < 4.78 is 26.8. The molecule has 1 saturated heterocycles. The molecule has 1 rings (SSSR count). The van der Waals surface area contributed by atoms with E-state index in [9.17, 15) is 0 Å². The lowest BCUT2D eigenvalue weighted by Crippen LogP contribution is -2.52. The predicted octanol–water partition coefficient (Wildman–Crippen LogP) is 1.29. The van der Waals surface area contributed by atoms with Gasteiger partial charge < -0.3 is 22.4 Å². The van der Waals surface area contributed by atoms with Crippen molar-refractivity contribution in [3.05, 3.63) is 0 Å². The first-order chi connectivity index (χ1) is 7.26. The molecule has 1 aliphatic rings. The lowest BCUT2D eigenvalue weighted by molar-refractivity contribution is -0.206. The fourth-order valence-electron chi connectivity index (χ4n) is 1.14. The van der Waals surface area contributed by atoms with Crippen LogP contribution in [0.15, 0.2) is 0 Å². The van der Waals surface area contributed by atoms with Crippen LogP contribution in [0.4, 0.5) is 0 Å². The summed E-state index contributed by atoms with van der Waals surface area (Å²) in [6.07, 6.45) is 2.69. The first kappa shape index (κ1) is 13.1. The number of rotatable bonds is 8. The first-order valence-electron chi connectivity index (χ1n) is 5.30. The Morgan fingerprint density at radius 3 is 2.40 bits per heavy atom. The van der Waals surface area contributed by atoms with E-state index in [1.54, 1.807) is 14.2 Å². The molecule has 0 aromatic rings. The van der Waals surface area contributed by atoms with Gasteiger partial charge in [-0.3, -0.25) is 0 Å². The van der Waals surface area contributed by atoms with Gasteiger partial charge in [0.05, 0.1) is 6.61 Å². The molecule has 1 fully saturated rings. The lowest BCUT2D eigenvalue weighted by Gasteiger charge is -2.33. The zero-order valence-corrected chi connectivity index (χ0v) is 10.7. The minimum Gasteiger partial charge on any atom is -0.355 e. The molecular weight excluding hydrogens is 216 g/mol. The summed E-state index contributed by atoms with van der Waals surface area (Å²) >= 11 is 0. The fourth-order valence-corrected chi connectivity index (χ4v) is 2.71. The summed E-state index contributed by atoms with van der Waals surface area (Å²) in [5, 5.41) is 0. The Morgan fingerprint density at radius 2 is 2.00 bits per heavy atom. The van der Waals surface area contributed by atoms with Crippen LogP contribution in [0.1, 0.15) is 26.2 Å². The van der Waals surface area contributed by atoms with Gasteiger partial charge in [-0.1, -0.05) is 13.3 Å². The Balaban J connectivity index is 2.35. The number of hydrogen-bond donors (Lipinski definition) is 0. The van der Waals surface area contributed by atoms with Crippen LogP contribution >= 0.6 is 0 Å². The zero-order chi connectivity index (χ0) is 11.1. The molecule has 0 aliphatic carbocycles. The number of ether oxygens (including phenoxy) is 1. The Morgan fingerprint density at radius 1 is 1.33 bits per heavy atom. The van der Waals surface area contributed by atoms with Crippen LogP contribution in [0, 0.1) is 0 Å². The molecular formula is C9H20O5Si. The maximum atomic E-state index is 5.57. The maximum absolute atomic E-state index is 5.57. The van der Waals surface area contributed by atoms with Crippen LogP contribution in [0.2, 0.25) is 0 Å². The molecule has 1 heterocycles. The maximum Gasteiger partial charge on any atom is 0.681 e. The van der Waals surface area contributed by atoms with Crippen molar-refractivity contribution in [3.63, 3.8) is 0 Å². The van der Waals surface area contributed by atoms with Gasteiger partial charge in [0, 0.05) is 27.2 Å². The average Bonchev–Trinajstić information content (AvgIpc) is 2.21. The van der Waals surface area contributed by atoms with E-state index in [-0.39, 0.29) is 6.29 Å². The molecule has 90 valence electrons. The smallest absolute Gasteiger partial charge is 0.355 e. The lowest BCUT2D eigenvalue weighted by atomic mass is 10.4. The summed E-state index contributed by atoms with van der Waals surface area (Å²) in [4.78, 5) is 0. The van der Waals surface area contributed by atoms with Crippen LogP contribution in [0.3, 0.4) is 0 Å². The molecule has 0 saturated carbocycles. The fraction of sp³-hybridized carbons (Fsp3) is 1.00. The molecule has 0 N–H and O–H groups in total. The third kappa shape index (κ3) is 3.82. The highest BCUT2D eigenvalue weighted by atomic mass is 28.4. The molecule has 1 aliphatic heterocycles. The zero-order valence-electron chi connectivity index (χ0n) is 9.65. The van der Waals surface area contributed by atoms with Gasteiger partial charge in [-0.05, 0) is 6.42 Å². The number of hydrogen-bond acceptors (Lipinski definition) is 5. The summed E-state index contributed by atoms with van der Waals surface area (Å²) in [7, 11) is 0.146. The van der Waals surface area contributed by atoms with E-state index in [0.29, 0.717) is 6.61 Å². The quantitative estimate of drug-likeness (QED) is 0.469. The van der Waals surface area contributed by atoms with Gasteiger partial charge in [-0.25, -0.2) is 0 Å². The van der Waals surface area contributed by atoms with Crippen molar-refractivity contribution in [3.8, 4) is 0 Å². The van der Waals surface area contributed by atoms with Gasteiger partial charge in [0.15, 0.2) is 6.29 Å². The Hall–Kier alpha value is 0.0169. The summed E-state index contributed by atoms with van der Waals surface area (Å²) in [5.74, 6) is 0. The standard InChI is InChI=1S/C9H20O5Si/c1-4-5-7-13-15(10-2,11-3)14-9-6-8-12-9/h9H,4-8H2,1-3H3.